The number of anilines is 1. The summed E-state index contributed by atoms with van der Waals surface area (Å²) in [6.07, 6.45) is 4.08. The number of nitrogens with one attached hydrogen (secondary N) is 1. The van der Waals surface area contributed by atoms with E-state index in [1.807, 2.05) is 42.1 Å². The Balaban J connectivity index is 1.27. The van der Waals surface area contributed by atoms with Crippen LogP contribution < -0.4 is 15.0 Å². The van der Waals surface area contributed by atoms with E-state index in [2.05, 4.69) is 39.5 Å². The standard InChI is InChI=1S/C31H31N5O4/c1-35-27(21-6-8-24(9-7-21)36-13-15-39-16-14-36)20-33-30(35)26(19-23-5-3-4-12-32-23)34-31(37)29-18-22-17-25(38-2)10-11-28(22)40-29/h3-12,17-18,20,26H,13-16,19H2,1-2H3,(H,34,37). The molecule has 204 valence electrons. The van der Waals surface area contributed by atoms with Crippen LogP contribution in [0.5, 0.6) is 5.75 Å². The van der Waals surface area contributed by atoms with E-state index in [1.165, 1.54) is 5.69 Å². The first-order valence-electron chi connectivity index (χ1n) is 13.3. The molecule has 40 heavy (non-hydrogen) atoms. The van der Waals surface area contributed by atoms with E-state index < -0.39 is 6.04 Å². The molecule has 0 aliphatic carbocycles. The van der Waals surface area contributed by atoms with Gasteiger partial charge in [0.25, 0.3) is 5.91 Å². The number of rotatable bonds is 8. The van der Waals surface area contributed by atoms with Gasteiger partial charge in [-0.1, -0.05) is 18.2 Å². The molecule has 1 amide bonds. The van der Waals surface area contributed by atoms with Crippen LogP contribution in [-0.2, 0) is 18.2 Å². The third kappa shape index (κ3) is 5.28. The minimum absolute atomic E-state index is 0.224. The summed E-state index contributed by atoms with van der Waals surface area (Å²) in [6, 6.07) is 21.0. The van der Waals surface area contributed by atoms with Crippen molar-refractivity contribution in [2.75, 3.05) is 38.3 Å². The molecule has 6 rings (SSSR count). The molecule has 1 fully saturated rings. The Labute approximate surface area is 232 Å². The summed E-state index contributed by atoms with van der Waals surface area (Å²) < 4.78 is 18.7. The molecule has 9 nitrogen and oxygen atoms in total. The van der Waals surface area contributed by atoms with Crippen LogP contribution in [0.2, 0.25) is 0 Å². The molecule has 0 bridgehead atoms. The zero-order valence-electron chi connectivity index (χ0n) is 22.5. The zero-order chi connectivity index (χ0) is 27.5. The van der Waals surface area contributed by atoms with Crippen molar-refractivity contribution in [3.63, 3.8) is 0 Å². The number of imidazole rings is 1. The Bertz CT molecular complexity index is 1600. The summed E-state index contributed by atoms with van der Waals surface area (Å²) >= 11 is 0. The van der Waals surface area contributed by atoms with Crippen molar-refractivity contribution in [3.05, 3.63) is 96.4 Å². The molecule has 0 radical (unpaired) electrons. The Morgan fingerprint density at radius 2 is 1.88 bits per heavy atom. The number of hydrogen-bond acceptors (Lipinski definition) is 7. The summed E-state index contributed by atoms with van der Waals surface area (Å²) in [5.74, 6) is 1.33. The van der Waals surface area contributed by atoms with Crippen LogP contribution in [0, 0.1) is 0 Å². The molecule has 3 aromatic heterocycles. The molecule has 1 unspecified atom stereocenters. The van der Waals surface area contributed by atoms with Crippen molar-refractivity contribution in [1.29, 1.82) is 0 Å². The summed E-state index contributed by atoms with van der Waals surface area (Å²) in [5.41, 5.74) is 4.65. The third-order valence-electron chi connectivity index (χ3n) is 7.27. The van der Waals surface area contributed by atoms with E-state index in [1.54, 1.807) is 31.5 Å². The quantitative estimate of drug-likeness (QED) is 0.304. The first-order chi connectivity index (χ1) is 19.6. The molecule has 1 aliphatic rings. The molecule has 1 saturated heterocycles. The van der Waals surface area contributed by atoms with Gasteiger partial charge in [-0.2, -0.15) is 0 Å². The van der Waals surface area contributed by atoms with Gasteiger partial charge in [-0.3, -0.25) is 9.78 Å². The summed E-state index contributed by atoms with van der Waals surface area (Å²) in [6.45, 7) is 3.28. The smallest absolute Gasteiger partial charge is 0.287 e. The lowest BCUT2D eigenvalue weighted by atomic mass is 10.1. The van der Waals surface area contributed by atoms with Crippen molar-refractivity contribution in [3.8, 4) is 17.0 Å². The number of nitrogens with zero attached hydrogens (tertiary/aromatic N) is 4. The van der Waals surface area contributed by atoms with Gasteiger partial charge in [0.15, 0.2) is 5.76 Å². The summed E-state index contributed by atoms with van der Waals surface area (Å²) in [5, 5.41) is 3.94. The van der Waals surface area contributed by atoms with Gasteiger partial charge < -0.3 is 28.7 Å². The average molecular weight is 538 g/mol. The van der Waals surface area contributed by atoms with Crippen LogP contribution in [0.1, 0.15) is 28.1 Å². The Kier molecular flexibility index (Phi) is 7.20. The fourth-order valence-corrected chi connectivity index (χ4v) is 5.10. The molecular formula is C31H31N5O4. The number of methoxy groups -OCH3 is 1. The van der Waals surface area contributed by atoms with Gasteiger partial charge in [-0.25, -0.2) is 4.98 Å². The van der Waals surface area contributed by atoms with Gasteiger partial charge in [0.1, 0.15) is 17.2 Å². The van der Waals surface area contributed by atoms with Crippen molar-refractivity contribution >= 4 is 22.6 Å². The van der Waals surface area contributed by atoms with Gasteiger partial charge in [-0.05, 0) is 54.1 Å². The highest BCUT2D eigenvalue weighted by Crippen LogP contribution is 2.28. The number of morpholine rings is 1. The van der Waals surface area contributed by atoms with Gasteiger partial charge >= 0.3 is 0 Å². The highest BCUT2D eigenvalue weighted by atomic mass is 16.5. The fourth-order valence-electron chi connectivity index (χ4n) is 5.10. The number of amides is 1. The van der Waals surface area contributed by atoms with Crippen LogP contribution >= 0.6 is 0 Å². The predicted molar refractivity (Wildman–Crippen MR) is 153 cm³/mol. The van der Waals surface area contributed by atoms with E-state index in [0.29, 0.717) is 17.8 Å². The molecule has 9 heteroatoms. The van der Waals surface area contributed by atoms with Crippen molar-refractivity contribution in [2.45, 2.75) is 12.5 Å². The number of ether oxygens (including phenoxy) is 2. The predicted octanol–water partition coefficient (Wildman–Crippen LogP) is 4.79. The molecule has 0 spiro atoms. The molecule has 5 aromatic rings. The molecule has 1 N–H and O–H groups in total. The lowest BCUT2D eigenvalue weighted by Crippen LogP contribution is -2.36. The average Bonchev–Trinajstić information content (AvgIpc) is 3.61. The van der Waals surface area contributed by atoms with Gasteiger partial charge in [-0.15, -0.1) is 0 Å². The monoisotopic (exact) mass is 537 g/mol. The summed E-state index contributed by atoms with van der Waals surface area (Å²) in [4.78, 5) is 25.0. The SMILES string of the molecule is COc1ccc2oc(C(=O)NC(Cc3ccccn3)c3ncc(-c4ccc(N5CCOCC5)cc4)n3C)cc2c1. The largest absolute Gasteiger partial charge is 0.497 e. The molecule has 2 aromatic carbocycles. The van der Waals surface area contributed by atoms with Gasteiger partial charge in [0, 0.05) is 49.5 Å². The number of benzene rings is 2. The van der Waals surface area contributed by atoms with E-state index >= 15 is 0 Å². The molecular weight excluding hydrogens is 506 g/mol. The van der Waals surface area contributed by atoms with Crippen LogP contribution in [0.25, 0.3) is 22.2 Å². The molecule has 4 heterocycles. The van der Waals surface area contributed by atoms with Crippen LogP contribution in [-0.4, -0.2) is 53.9 Å². The topological polar surface area (TPSA) is 94.7 Å². The molecule has 0 saturated carbocycles. The third-order valence-corrected chi connectivity index (χ3v) is 7.27. The Morgan fingerprint density at radius 1 is 1.05 bits per heavy atom. The van der Waals surface area contributed by atoms with E-state index in [-0.39, 0.29) is 11.7 Å². The second-order valence-corrected chi connectivity index (χ2v) is 9.77. The maximum absolute atomic E-state index is 13.4. The lowest BCUT2D eigenvalue weighted by molar-refractivity contribution is 0.0908. The molecule has 1 atom stereocenters. The fraction of sp³-hybridized carbons (Fsp3) is 0.258. The minimum atomic E-state index is -0.434. The van der Waals surface area contributed by atoms with Crippen molar-refractivity contribution in [2.24, 2.45) is 7.05 Å². The molecule has 1 aliphatic heterocycles. The number of aromatic nitrogens is 3. The normalized spacial score (nSPS) is 14.3. The van der Waals surface area contributed by atoms with Gasteiger partial charge in [0.2, 0.25) is 0 Å². The second-order valence-electron chi connectivity index (χ2n) is 9.77. The number of furan rings is 1. The highest BCUT2D eigenvalue weighted by Gasteiger charge is 2.24. The number of carbonyl (C=O) groups excluding carboxylic acids is 1. The second kappa shape index (κ2) is 11.2. The first kappa shape index (κ1) is 25.6. The lowest BCUT2D eigenvalue weighted by Gasteiger charge is -2.28. The number of hydrogen-bond donors (Lipinski definition) is 1. The Hall–Kier alpha value is -4.63. The van der Waals surface area contributed by atoms with Gasteiger partial charge in [0.05, 0.1) is 38.3 Å². The van der Waals surface area contributed by atoms with Crippen molar-refractivity contribution in [1.82, 2.24) is 19.9 Å². The van der Waals surface area contributed by atoms with E-state index in [9.17, 15) is 4.79 Å². The minimum Gasteiger partial charge on any atom is -0.497 e. The van der Waals surface area contributed by atoms with Crippen LogP contribution in [0.3, 0.4) is 0 Å². The number of carbonyl (C=O) groups is 1. The van der Waals surface area contributed by atoms with Crippen LogP contribution in [0.4, 0.5) is 5.69 Å². The van der Waals surface area contributed by atoms with Crippen molar-refractivity contribution < 1.29 is 18.7 Å². The van der Waals surface area contributed by atoms with E-state index in [0.717, 1.165) is 54.5 Å². The zero-order valence-corrected chi connectivity index (χ0v) is 22.5. The number of fused-ring (bicyclic) bond motifs is 1. The maximum atomic E-state index is 13.4. The summed E-state index contributed by atoms with van der Waals surface area (Å²) in [7, 11) is 3.58. The highest BCUT2D eigenvalue weighted by molar-refractivity contribution is 5.96. The Morgan fingerprint density at radius 3 is 2.62 bits per heavy atom. The van der Waals surface area contributed by atoms with E-state index in [4.69, 9.17) is 18.9 Å². The first-order valence-corrected chi connectivity index (χ1v) is 13.3. The van der Waals surface area contributed by atoms with Crippen LogP contribution in [0.15, 0.2) is 83.5 Å². The number of pyridine rings is 1. The maximum Gasteiger partial charge on any atom is 0.287 e.